The number of unbranched alkanes of at least 4 members (excludes halogenated alkanes) is 1. The molecule has 2 N–H and O–H groups in total. The molecule has 0 aliphatic rings. The van der Waals surface area contributed by atoms with Crippen LogP contribution in [0.25, 0.3) is 0 Å². The van der Waals surface area contributed by atoms with Crippen molar-refractivity contribution in [1.82, 2.24) is 4.98 Å². The van der Waals surface area contributed by atoms with Gasteiger partial charge in [-0.25, -0.2) is 13.4 Å². The van der Waals surface area contributed by atoms with Gasteiger partial charge in [-0.15, -0.1) is 11.3 Å². The van der Waals surface area contributed by atoms with Gasteiger partial charge < -0.3 is 5.32 Å². The number of halogens is 1. The number of rotatable bonds is 7. The summed E-state index contributed by atoms with van der Waals surface area (Å²) in [5.74, 6) is 0.306. The highest BCUT2D eigenvalue weighted by molar-refractivity contribution is 9.11. The Kier molecular flexibility index (Phi) is 5.60. The fourth-order valence-electron chi connectivity index (χ4n) is 1.60. The first-order valence-corrected chi connectivity index (χ1v) is 9.58. The number of nitrogens with zero attached hydrogens (tertiary/aromatic N) is 1. The average Bonchev–Trinajstić information content (AvgIpc) is 2.88. The molecule has 0 unspecified atom stereocenters. The van der Waals surface area contributed by atoms with E-state index in [2.05, 4.69) is 37.9 Å². The lowest BCUT2D eigenvalue weighted by molar-refractivity contribution is 0.603. The van der Waals surface area contributed by atoms with Gasteiger partial charge in [0, 0.05) is 6.54 Å². The number of sulfonamides is 1. The van der Waals surface area contributed by atoms with Crippen LogP contribution in [0.5, 0.6) is 0 Å². The Morgan fingerprint density at radius 2 is 2.10 bits per heavy atom. The molecule has 0 fully saturated rings. The van der Waals surface area contributed by atoms with E-state index in [1.807, 2.05) is 6.07 Å². The smallest absolute Gasteiger partial charge is 0.272 e. The van der Waals surface area contributed by atoms with Crippen LogP contribution in [0.4, 0.5) is 11.5 Å². The van der Waals surface area contributed by atoms with E-state index in [1.54, 1.807) is 24.4 Å². The summed E-state index contributed by atoms with van der Waals surface area (Å²) in [4.78, 5) is 4.12. The summed E-state index contributed by atoms with van der Waals surface area (Å²) in [6, 6.07) is 6.71. The van der Waals surface area contributed by atoms with Gasteiger partial charge in [-0.05, 0) is 46.6 Å². The van der Waals surface area contributed by atoms with Crippen molar-refractivity contribution in [3.05, 3.63) is 34.2 Å². The Bertz CT molecular complexity index is 684. The Morgan fingerprint density at radius 1 is 1.29 bits per heavy atom. The second-order valence-corrected chi connectivity index (χ2v) is 8.75. The van der Waals surface area contributed by atoms with Crippen molar-refractivity contribution < 1.29 is 8.42 Å². The van der Waals surface area contributed by atoms with Gasteiger partial charge in [0.2, 0.25) is 0 Å². The normalized spacial score (nSPS) is 11.3. The highest BCUT2D eigenvalue weighted by Gasteiger charge is 2.17. The summed E-state index contributed by atoms with van der Waals surface area (Å²) in [5, 5.41) is 3.23. The first-order chi connectivity index (χ1) is 10.0. The summed E-state index contributed by atoms with van der Waals surface area (Å²) in [6.07, 6.45) is 3.83. The lowest BCUT2D eigenvalue weighted by Crippen LogP contribution is -2.12. The number of anilines is 2. The standard InChI is InChI=1S/C13H16BrN3O2S2/c1-2-3-8-15-10-4-6-12(16-9-10)17-21(18,19)13-7-5-11(14)20-13/h4-7,9,15H,2-3,8H2,1H3,(H,16,17). The molecule has 2 aromatic heterocycles. The van der Waals surface area contributed by atoms with E-state index in [-0.39, 0.29) is 4.21 Å². The number of hydrogen-bond donors (Lipinski definition) is 2. The van der Waals surface area contributed by atoms with Crippen LogP contribution in [0.2, 0.25) is 0 Å². The lowest BCUT2D eigenvalue weighted by Gasteiger charge is -2.08. The van der Waals surface area contributed by atoms with Crippen molar-refractivity contribution in [2.24, 2.45) is 0 Å². The molecule has 2 rings (SSSR count). The average molecular weight is 390 g/mol. The molecule has 8 heteroatoms. The van der Waals surface area contributed by atoms with E-state index in [0.29, 0.717) is 5.82 Å². The predicted octanol–water partition coefficient (Wildman–Crippen LogP) is 3.92. The molecule has 0 spiro atoms. The molecule has 0 atom stereocenters. The molecule has 21 heavy (non-hydrogen) atoms. The topological polar surface area (TPSA) is 71.1 Å². The van der Waals surface area contributed by atoms with Crippen molar-refractivity contribution in [2.45, 2.75) is 24.0 Å². The van der Waals surface area contributed by atoms with E-state index >= 15 is 0 Å². The SMILES string of the molecule is CCCCNc1ccc(NS(=O)(=O)c2ccc(Br)s2)nc1. The van der Waals surface area contributed by atoms with Crippen LogP contribution in [-0.4, -0.2) is 19.9 Å². The van der Waals surface area contributed by atoms with Crippen LogP contribution >= 0.6 is 27.3 Å². The minimum absolute atomic E-state index is 0.251. The molecule has 0 aromatic carbocycles. The molecule has 0 radical (unpaired) electrons. The van der Waals surface area contributed by atoms with Crippen molar-refractivity contribution >= 4 is 48.8 Å². The zero-order valence-electron chi connectivity index (χ0n) is 11.5. The molecular formula is C13H16BrN3O2S2. The zero-order valence-corrected chi connectivity index (χ0v) is 14.7. The number of thiophene rings is 1. The molecule has 0 saturated carbocycles. The van der Waals surface area contributed by atoms with Crippen LogP contribution in [0, 0.1) is 0 Å². The zero-order chi connectivity index (χ0) is 15.3. The Morgan fingerprint density at radius 3 is 2.67 bits per heavy atom. The second-order valence-electron chi connectivity index (χ2n) is 4.38. The summed E-state index contributed by atoms with van der Waals surface area (Å²) < 4.78 is 27.8. The molecule has 2 aromatic rings. The first-order valence-electron chi connectivity index (χ1n) is 6.49. The van der Waals surface area contributed by atoms with Crippen molar-refractivity contribution in [1.29, 1.82) is 0 Å². The van der Waals surface area contributed by atoms with E-state index in [9.17, 15) is 8.42 Å². The third-order valence-electron chi connectivity index (χ3n) is 2.68. The van der Waals surface area contributed by atoms with E-state index in [4.69, 9.17) is 0 Å². The number of hydrogen-bond acceptors (Lipinski definition) is 5. The molecule has 2 heterocycles. The van der Waals surface area contributed by atoms with Gasteiger partial charge in [-0.1, -0.05) is 13.3 Å². The number of aromatic nitrogens is 1. The summed E-state index contributed by atoms with van der Waals surface area (Å²) in [6.45, 7) is 3.01. The quantitative estimate of drug-likeness (QED) is 0.703. The van der Waals surface area contributed by atoms with Gasteiger partial charge in [0.1, 0.15) is 10.0 Å². The maximum atomic E-state index is 12.1. The molecule has 0 bridgehead atoms. The van der Waals surface area contributed by atoms with Gasteiger partial charge in [-0.2, -0.15) is 0 Å². The molecule has 5 nitrogen and oxygen atoms in total. The van der Waals surface area contributed by atoms with Crippen LogP contribution < -0.4 is 10.0 Å². The summed E-state index contributed by atoms with van der Waals surface area (Å²) in [7, 11) is -3.57. The second kappa shape index (κ2) is 7.24. The van der Waals surface area contributed by atoms with Gasteiger partial charge in [0.15, 0.2) is 0 Å². The first kappa shape index (κ1) is 16.3. The maximum absolute atomic E-state index is 12.1. The van der Waals surface area contributed by atoms with Crippen LogP contribution in [-0.2, 0) is 10.0 Å². The third kappa shape index (κ3) is 4.69. The minimum atomic E-state index is -3.57. The number of pyridine rings is 1. The summed E-state index contributed by atoms with van der Waals surface area (Å²) in [5.41, 5.74) is 0.880. The van der Waals surface area contributed by atoms with Gasteiger partial charge in [0.05, 0.1) is 15.7 Å². The summed E-state index contributed by atoms with van der Waals surface area (Å²) >= 11 is 4.41. The van der Waals surface area contributed by atoms with Crippen LogP contribution in [0.15, 0.2) is 38.5 Å². The largest absolute Gasteiger partial charge is 0.384 e. The van der Waals surface area contributed by atoms with E-state index in [1.165, 1.54) is 0 Å². The van der Waals surface area contributed by atoms with Crippen molar-refractivity contribution in [3.63, 3.8) is 0 Å². The Labute approximate surface area is 137 Å². The Hall–Kier alpha value is -1.12. The monoisotopic (exact) mass is 389 g/mol. The molecule has 0 aliphatic heterocycles. The highest BCUT2D eigenvalue weighted by atomic mass is 79.9. The van der Waals surface area contributed by atoms with E-state index in [0.717, 1.165) is 40.2 Å². The fraction of sp³-hybridized carbons (Fsp3) is 0.308. The third-order valence-corrected chi connectivity index (χ3v) is 6.15. The molecule has 0 aliphatic carbocycles. The van der Waals surface area contributed by atoms with Crippen molar-refractivity contribution in [3.8, 4) is 0 Å². The predicted molar refractivity (Wildman–Crippen MR) is 90.5 cm³/mol. The molecular weight excluding hydrogens is 374 g/mol. The molecule has 0 amide bonds. The van der Waals surface area contributed by atoms with Gasteiger partial charge in [0.25, 0.3) is 10.0 Å². The van der Waals surface area contributed by atoms with Crippen molar-refractivity contribution in [2.75, 3.05) is 16.6 Å². The lowest BCUT2D eigenvalue weighted by atomic mass is 10.3. The van der Waals surface area contributed by atoms with Crippen LogP contribution in [0.3, 0.4) is 0 Å². The van der Waals surface area contributed by atoms with Gasteiger partial charge in [-0.3, -0.25) is 4.72 Å². The Balaban J connectivity index is 2.03. The van der Waals surface area contributed by atoms with Crippen LogP contribution in [0.1, 0.15) is 19.8 Å². The van der Waals surface area contributed by atoms with Gasteiger partial charge >= 0.3 is 0 Å². The van der Waals surface area contributed by atoms with E-state index < -0.39 is 10.0 Å². The fourth-order valence-corrected chi connectivity index (χ4v) is 4.62. The minimum Gasteiger partial charge on any atom is -0.384 e. The molecule has 0 saturated heterocycles. The highest BCUT2D eigenvalue weighted by Crippen LogP contribution is 2.27. The maximum Gasteiger partial charge on any atom is 0.272 e. The number of nitrogens with one attached hydrogen (secondary N) is 2. The molecule has 114 valence electrons.